The highest BCUT2D eigenvalue weighted by Gasteiger charge is 2.26. The van der Waals surface area contributed by atoms with E-state index in [0.29, 0.717) is 9.13 Å². The van der Waals surface area contributed by atoms with Crippen LogP contribution in [0.2, 0.25) is 0 Å². The minimum Gasteiger partial charge on any atom is -0.381 e. The molecular formula is C13H15FINO2. The van der Waals surface area contributed by atoms with Gasteiger partial charge in [-0.2, -0.15) is 0 Å². The number of nitrogens with one attached hydrogen (secondary N) is 1. The molecule has 0 saturated heterocycles. The fraction of sp³-hybridized carbons (Fsp3) is 0.462. The van der Waals surface area contributed by atoms with Gasteiger partial charge in [0.2, 0.25) is 0 Å². The first-order valence-electron chi connectivity index (χ1n) is 5.89. The number of hydrogen-bond acceptors (Lipinski definition) is 2. The number of rotatable bonds is 3. The second-order valence-corrected chi connectivity index (χ2v) is 5.63. The fourth-order valence-electron chi connectivity index (χ4n) is 2.22. The minimum absolute atomic E-state index is 0.138. The molecule has 2 rings (SSSR count). The molecule has 1 aliphatic rings. The standard InChI is InChI=1S/C13H15FINO2/c1-18-10-4-3-9(7-10)16-13(17)11-5-2-8(14)6-12(11)15/h2,5-6,9-10H,3-4,7H2,1H3,(H,16,17). The van der Waals surface area contributed by atoms with E-state index in [1.165, 1.54) is 18.2 Å². The van der Waals surface area contributed by atoms with Crippen LogP contribution >= 0.6 is 22.6 Å². The Morgan fingerprint density at radius 1 is 1.50 bits per heavy atom. The quantitative estimate of drug-likeness (QED) is 0.839. The lowest BCUT2D eigenvalue weighted by Gasteiger charge is -2.13. The highest BCUT2D eigenvalue weighted by molar-refractivity contribution is 14.1. The summed E-state index contributed by atoms with van der Waals surface area (Å²) < 4.78 is 18.9. The molecule has 1 fully saturated rings. The average molecular weight is 363 g/mol. The van der Waals surface area contributed by atoms with Gasteiger partial charge in [-0.3, -0.25) is 4.79 Å². The third-order valence-corrected chi connectivity index (χ3v) is 4.12. The zero-order valence-electron chi connectivity index (χ0n) is 10.1. The monoisotopic (exact) mass is 363 g/mol. The van der Waals surface area contributed by atoms with Crippen LogP contribution < -0.4 is 5.32 Å². The number of methoxy groups -OCH3 is 1. The summed E-state index contributed by atoms with van der Waals surface area (Å²) in [7, 11) is 1.69. The molecule has 0 aliphatic heterocycles. The van der Waals surface area contributed by atoms with Gasteiger partial charge in [0.05, 0.1) is 11.7 Å². The summed E-state index contributed by atoms with van der Waals surface area (Å²) in [5.41, 5.74) is 0.526. The van der Waals surface area contributed by atoms with Crippen LogP contribution in [0.5, 0.6) is 0 Å². The van der Waals surface area contributed by atoms with Crippen molar-refractivity contribution in [3.8, 4) is 0 Å². The van der Waals surface area contributed by atoms with Crippen molar-refractivity contribution >= 4 is 28.5 Å². The van der Waals surface area contributed by atoms with Crippen LogP contribution in [0.15, 0.2) is 18.2 Å². The van der Waals surface area contributed by atoms with Crippen molar-refractivity contribution in [2.75, 3.05) is 7.11 Å². The van der Waals surface area contributed by atoms with Gasteiger partial charge < -0.3 is 10.1 Å². The third kappa shape index (κ3) is 3.20. The van der Waals surface area contributed by atoms with Crippen LogP contribution in [-0.2, 0) is 4.74 Å². The van der Waals surface area contributed by atoms with E-state index in [4.69, 9.17) is 4.74 Å². The largest absolute Gasteiger partial charge is 0.381 e. The number of carbonyl (C=O) groups is 1. The lowest BCUT2D eigenvalue weighted by atomic mass is 10.2. The van der Waals surface area contributed by atoms with E-state index < -0.39 is 0 Å². The summed E-state index contributed by atoms with van der Waals surface area (Å²) >= 11 is 1.97. The molecule has 1 aromatic rings. The van der Waals surface area contributed by atoms with Gasteiger partial charge in [-0.15, -0.1) is 0 Å². The maximum absolute atomic E-state index is 13.0. The van der Waals surface area contributed by atoms with Gasteiger partial charge >= 0.3 is 0 Å². The van der Waals surface area contributed by atoms with Crippen LogP contribution in [0, 0.1) is 9.39 Å². The fourth-order valence-corrected chi connectivity index (χ4v) is 2.94. The maximum Gasteiger partial charge on any atom is 0.252 e. The Hall–Kier alpha value is -0.690. The first-order chi connectivity index (χ1) is 8.60. The van der Waals surface area contributed by atoms with Crippen molar-refractivity contribution in [2.45, 2.75) is 31.4 Å². The van der Waals surface area contributed by atoms with Crippen LogP contribution in [0.1, 0.15) is 29.6 Å². The second kappa shape index (κ2) is 5.97. The van der Waals surface area contributed by atoms with Crippen molar-refractivity contribution in [3.63, 3.8) is 0 Å². The lowest BCUT2D eigenvalue weighted by molar-refractivity contribution is 0.0914. The molecule has 2 unspecified atom stereocenters. The van der Waals surface area contributed by atoms with Crippen molar-refractivity contribution in [3.05, 3.63) is 33.1 Å². The summed E-state index contributed by atoms with van der Waals surface area (Å²) in [4.78, 5) is 12.0. The molecule has 1 aliphatic carbocycles. The normalized spacial score (nSPS) is 23.1. The van der Waals surface area contributed by atoms with Gasteiger partial charge in [-0.25, -0.2) is 4.39 Å². The molecule has 2 atom stereocenters. The average Bonchev–Trinajstić information content (AvgIpc) is 2.76. The topological polar surface area (TPSA) is 38.3 Å². The Bertz CT molecular complexity index is 453. The number of hydrogen-bond donors (Lipinski definition) is 1. The van der Waals surface area contributed by atoms with Crippen molar-refractivity contribution in [1.82, 2.24) is 5.32 Å². The van der Waals surface area contributed by atoms with E-state index in [1.54, 1.807) is 7.11 Å². The van der Waals surface area contributed by atoms with Gasteiger partial charge in [0, 0.05) is 16.7 Å². The van der Waals surface area contributed by atoms with Gasteiger partial charge in [-0.1, -0.05) is 0 Å². The first-order valence-corrected chi connectivity index (χ1v) is 6.96. The molecule has 3 nitrogen and oxygen atoms in total. The van der Waals surface area contributed by atoms with Crippen LogP contribution in [0.4, 0.5) is 4.39 Å². The van der Waals surface area contributed by atoms with E-state index in [1.807, 2.05) is 22.6 Å². The molecule has 1 aromatic carbocycles. The number of halogens is 2. The molecule has 5 heteroatoms. The summed E-state index contributed by atoms with van der Waals surface area (Å²) in [6.45, 7) is 0. The number of ether oxygens (including phenoxy) is 1. The Kier molecular flexibility index (Phi) is 4.55. The van der Waals surface area contributed by atoms with E-state index in [9.17, 15) is 9.18 Å². The SMILES string of the molecule is COC1CCC(NC(=O)c2ccc(F)cc2I)C1. The number of amides is 1. The summed E-state index contributed by atoms with van der Waals surface area (Å²) in [6.07, 6.45) is 2.99. The molecule has 0 bridgehead atoms. The number of benzene rings is 1. The molecule has 0 spiro atoms. The Morgan fingerprint density at radius 2 is 2.28 bits per heavy atom. The van der Waals surface area contributed by atoms with Crippen molar-refractivity contribution < 1.29 is 13.9 Å². The van der Waals surface area contributed by atoms with Gasteiger partial charge in [0.15, 0.2) is 0 Å². The van der Waals surface area contributed by atoms with Crippen LogP contribution in [-0.4, -0.2) is 25.2 Å². The van der Waals surface area contributed by atoms with E-state index >= 15 is 0 Å². The highest BCUT2D eigenvalue weighted by Crippen LogP contribution is 2.22. The smallest absolute Gasteiger partial charge is 0.252 e. The maximum atomic E-state index is 13.0. The van der Waals surface area contributed by atoms with Gasteiger partial charge in [0.25, 0.3) is 5.91 Å². The lowest BCUT2D eigenvalue weighted by Crippen LogP contribution is -2.33. The molecule has 1 N–H and O–H groups in total. The molecule has 1 amide bonds. The van der Waals surface area contributed by atoms with E-state index in [2.05, 4.69) is 5.32 Å². The van der Waals surface area contributed by atoms with Crippen molar-refractivity contribution in [1.29, 1.82) is 0 Å². The zero-order valence-corrected chi connectivity index (χ0v) is 12.2. The van der Waals surface area contributed by atoms with E-state index in [-0.39, 0.29) is 23.9 Å². The van der Waals surface area contributed by atoms with Crippen LogP contribution in [0.3, 0.4) is 0 Å². The predicted molar refractivity (Wildman–Crippen MR) is 75.0 cm³/mol. The second-order valence-electron chi connectivity index (χ2n) is 4.47. The Labute approximate surface area is 119 Å². The summed E-state index contributed by atoms with van der Waals surface area (Å²) in [5, 5.41) is 2.97. The van der Waals surface area contributed by atoms with Gasteiger partial charge in [-0.05, 0) is 60.1 Å². The van der Waals surface area contributed by atoms with Crippen LogP contribution in [0.25, 0.3) is 0 Å². The molecular weight excluding hydrogens is 348 g/mol. The molecule has 98 valence electrons. The third-order valence-electron chi connectivity index (χ3n) is 3.23. The Morgan fingerprint density at radius 3 is 2.89 bits per heavy atom. The molecule has 1 saturated carbocycles. The molecule has 18 heavy (non-hydrogen) atoms. The van der Waals surface area contributed by atoms with Crippen molar-refractivity contribution in [2.24, 2.45) is 0 Å². The minimum atomic E-state index is -0.323. The molecule has 0 heterocycles. The predicted octanol–water partition coefficient (Wildman–Crippen LogP) is 2.73. The molecule has 0 aromatic heterocycles. The zero-order chi connectivity index (χ0) is 13.1. The highest BCUT2D eigenvalue weighted by atomic mass is 127. The van der Waals surface area contributed by atoms with Gasteiger partial charge in [0.1, 0.15) is 5.82 Å². The van der Waals surface area contributed by atoms with E-state index in [0.717, 1.165) is 19.3 Å². The first kappa shape index (κ1) is 13.7. The summed E-state index contributed by atoms with van der Waals surface area (Å²) in [6, 6.07) is 4.35. The molecule has 0 radical (unpaired) electrons. The number of carbonyl (C=O) groups excluding carboxylic acids is 1. The summed E-state index contributed by atoms with van der Waals surface area (Å²) in [5.74, 6) is -0.461. The Balaban J connectivity index is 2.00.